The van der Waals surface area contributed by atoms with Gasteiger partial charge in [0, 0.05) is 16.9 Å². The lowest BCUT2D eigenvalue weighted by Gasteiger charge is -2.09. The fourth-order valence-corrected chi connectivity index (χ4v) is 2.81. The summed E-state index contributed by atoms with van der Waals surface area (Å²) in [6.45, 7) is 1.93. The number of halogens is 1. The van der Waals surface area contributed by atoms with Crippen molar-refractivity contribution in [1.82, 2.24) is 10.2 Å². The lowest BCUT2D eigenvalue weighted by Crippen LogP contribution is -2.19. The zero-order valence-electron chi connectivity index (χ0n) is 15.5. The normalized spacial score (nSPS) is 10.6. The van der Waals surface area contributed by atoms with Crippen molar-refractivity contribution in [2.75, 3.05) is 10.6 Å². The van der Waals surface area contributed by atoms with Crippen molar-refractivity contribution in [3.63, 3.8) is 0 Å². The van der Waals surface area contributed by atoms with Gasteiger partial charge in [-0.05, 0) is 55.0 Å². The van der Waals surface area contributed by atoms with Gasteiger partial charge >= 0.3 is 6.03 Å². The third kappa shape index (κ3) is 4.30. The monoisotopic (exact) mass is 388 g/mol. The Bertz CT molecular complexity index is 1160. The van der Waals surface area contributed by atoms with Crippen molar-refractivity contribution in [2.45, 2.75) is 6.92 Å². The Labute approximate surface area is 166 Å². The number of hydrogen-bond acceptors (Lipinski definition) is 4. The summed E-state index contributed by atoms with van der Waals surface area (Å²) in [4.78, 5) is 12.2. The second kappa shape index (κ2) is 7.93. The molecule has 4 rings (SSSR count). The van der Waals surface area contributed by atoms with Gasteiger partial charge < -0.3 is 15.1 Å². The molecule has 4 aromatic rings. The molecule has 1 aromatic heterocycles. The van der Waals surface area contributed by atoms with E-state index in [0.29, 0.717) is 11.4 Å². The van der Waals surface area contributed by atoms with Crippen molar-refractivity contribution in [3.8, 4) is 22.9 Å². The Kier molecular flexibility index (Phi) is 5.03. The van der Waals surface area contributed by atoms with Crippen LogP contribution >= 0.6 is 0 Å². The number of aromatic nitrogens is 2. The molecule has 6 nitrogen and oxygen atoms in total. The molecule has 0 spiro atoms. The molecule has 2 N–H and O–H groups in total. The molecule has 29 heavy (non-hydrogen) atoms. The second-order valence-electron chi connectivity index (χ2n) is 6.42. The number of benzene rings is 3. The van der Waals surface area contributed by atoms with E-state index in [4.69, 9.17) is 4.42 Å². The first-order valence-corrected chi connectivity index (χ1v) is 8.92. The average molecular weight is 388 g/mol. The molecule has 0 aliphatic carbocycles. The standard InChI is InChI=1S/C22H17FN4O2/c1-14-6-5-9-16(12-14)24-22(28)25-17-10-11-19(23)18(13-17)21-27-26-20(29-21)15-7-3-2-4-8-15/h2-13H,1H3,(H2,24,25,28). The summed E-state index contributed by atoms with van der Waals surface area (Å²) in [6.07, 6.45) is 0. The minimum absolute atomic E-state index is 0.0316. The summed E-state index contributed by atoms with van der Waals surface area (Å²) in [5.41, 5.74) is 2.92. The Morgan fingerprint density at radius 1 is 0.862 bits per heavy atom. The molecule has 2 amide bonds. The fourth-order valence-electron chi connectivity index (χ4n) is 2.81. The smallest absolute Gasteiger partial charge is 0.323 e. The van der Waals surface area contributed by atoms with Crippen molar-refractivity contribution in [3.05, 3.63) is 84.2 Å². The summed E-state index contributed by atoms with van der Waals surface area (Å²) in [5.74, 6) is -0.211. The Hall–Kier alpha value is -4.00. The highest BCUT2D eigenvalue weighted by atomic mass is 19.1. The molecule has 0 aliphatic rings. The molecule has 0 saturated carbocycles. The molecular weight excluding hydrogens is 371 g/mol. The molecule has 1 heterocycles. The van der Waals surface area contributed by atoms with E-state index in [1.165, 1.54) is 18.2 Å². The molecule has 0 atom stereocenters. The zero-order chi connectivity index (χ0) is 20.2. The van der Waals surface area contributed by atoms with Crippen LogP contribution in [-0.4, -0.2) is 16.2 Å². The summed E-state index contributed by atoms with van der Waals surface area (Å²) < 4.78 is 20.0. The van der Waals surface area contributed by atoms with Crippen LogP contribution in [0.2, 0.25) is 0 Å². The quantitative estimate of drug-likeness (QED) is 0.484. The van der Waals surface area contributed by atoms with Crippen LogP contribution < -0.4 is 10.6 Å². The first kappa shape index (κ1) is 18.4. The number of urea groups is 1. The van der Waals surface area contributed by atoms with Crippen LogP contribution in [-0.2, 0) is 0 Å². The van der Waals surface area contributed by atoms with Crippen LogP contribution in [0.4, 0.5) is 20.6 Å². The Morgan fingerprint density at radius 3 is 2.34 bits per heavy atom. The molecule has 3 aromatic carbocycles. The third-order valence-electron chi connectivity index (χ3n) is 4.18. The summed E-state index contributed by atoms with van der Waals surface area (Å²) in [5, 5.41) is 13.3. The number of nitrogens with one attached hydrogen (secondary N) is 2. The highest BCUT2D eigenvalue weighted by Gasteiger charge is 2.15. The summed E-state index contributed by atoms with van der Waals surface area (Å²) >= 11 is 0. The van der Waals surface area contributed by atoms with Crippen LogP contribution in [0.1, 0.15) is 5.56 Å². The van der Waals surface area contributed by atoms with Gasteiger partial charge in [0.05, 0.1) is 5.56 Å². The molecule has 0 aliphatic heterocycles. The van der Waals surface area contributed by atoms with Gasteiger partial charge in [-0.1, -0.05) is 30.3 Å². The largest absolute Gasteiger partial charge is 0.416 e. The van der Waals surface area contributed by atoms with E-state index >= 15 is 0 Å². The maximum Gasteiger partial charge on any atom is 0.323 e. The highest BCUT2D eigenvalue weighted by molar-refractivity contribution is 6.00. The lowest BCUT2D eigenvalue weighted by atomic mass is 10.2. The van der Waals surface area contributed by atoms with Crippen LogP contribution in [0, 0.1) is 12.7 Å². The minimum Gasteiger partial charge on any atom is -0.416 e. The van der Waals surface area contributed by atoms with Gasteiger partial charge in [-0.15, -0.1) is 10.2 Å². The topological polar surface area (TPSA) is 80.0 Å². The van der Waals surface area contributed by atoms with E-state index in [1.54, 1.807) is 6.07 Å². The van der Waals surface area contributed by atoms with E-state index in [0.717, 1.165) is 11.1 Å². The highest BCUT2D eigenvalue weighted by Crippen LogP contribution is 2.28. The maximum atomic E-state index is 14.3. The van der Waals surface area contributed by atoms with E-state index < -0.39 is 11.8 Å². The molecule has 0 fully saturated rings. The molecule has 144 valence electrons. The first-order valence-electron chi connectivity index (χ1n) is 8.92. The lowest BCUT2D eigenvalue weighted by molar-refractivity contribution is 0.262. The average Bonchev–Trinajstić information content (AvgIpc) is 3.20. The summed E-state index contributed by atoms with van der Waals surface area (Å²) in [6, 6.07) is 20.3. The number of nitrogens with zero attached hydrogens (tertiary/aromatic N) is 2. The van der Waals surface area contributed by atoms with Crippen LogP contribution in [0.25, 0.3) is 22.9 Å². The van der Waals surface area contributed by atoms with Crippen LogP contribution in [0.15, 0.2) is 77.2 Å². The van der Waals surface area contributed by atoms with Crippen LogP contribution in [0.3, 0.4) is 0 Å². The number of rotatable bonds is 4. The number of carbonyl (C=O) groups excluding carboxylic acids is 1. The predicted octanol–water partition coefficient (Wildman–Crippen LogP) is 5.50. The minimum atomic E-state index is -0.530. The van der Waals surface area contributed by atoms with Crippen molar-refractivity contribution >= 4 is 17.4 Å². The van der Waals surface area contributed by atoms with Gasteiger partial charge in [0.2, 0.25) is 5.89 Å². The summed E-state index contributed by atoms with van der Waals surface area (Å²) in [7, 11) is 0. The van der Waals surface area contributed by atoms with Gasteiger partial charge in [-0.2, -0.15) is 0 Å². The number of hydrogen-bond donors (Lipinski definition) is 2. The second-order valence-corrected chi connectivity index (χ2v) is 6.42. The molecule has 0 unspecified atom stereocenters. The van der Waals surface area contributed by atoms with Crippen molar-refractivity contribution in [1.29, 1.82) is 0 Å². The molecular formula is C22H17FN4O2. The van der Waals surface area contributed by atoms with Crippen molar-refractivity contribution in [2.24, 2.45) is 0 Å². The van der Waals surface area contributed by atoms with E-state index in [1.807, 2.05) is 55.5 Å². The first-order chi connectivity index (χ1) is 14.1. The number of anilines is 2. The van der Waals surface area contributed by atoms with E-state index in [2.05, 4.69) is 20.8 Å². The zero-order valence-corrected chi connectivity index (χ0v) is 15.5. The molecule has 0 radical (unpaired) electrons. The Morgan fingerprint density at radius 2 is 1.59 bits per heavy atom. The van der Waals surface area contributed by atoms with Gasteiger partial charge in [-0.25, -0.2) is 9.18 Å². The SMILES string of the molecule is Cc1cccc(NC(=O)Nc2ccc(F)c(-c3nnc(-c4ccccc4)o3)c2)c1. The van der Waals surface area contributed by atoms with Gasteiger partial charge in [0.15, 0.2) is 0 Å². The number of carbonyl (C=O) groups is 1. The van der Waals surface area contributed by atoms with Gasteiger partial charge in [0.25, 0.3) is 5.89 Å². The predicted molar refractivity (Wildman–Crippen MR) is 109 cm³/mol. The van der Waals surface area contributed by atoms with Gasteiger partial charge in [0.1, 0.15) is 5.82 Å². The number of amides is 2. The van der Waals surface area contributed by atoms with Crippen molar-refractivity contribution < 1.29 is 13.6 Å². The van der Waals surface area contributed by atoms with E-state index in [9.17, 15) is 9.18 Å². The Balaban J connectivity index is 1.53. The fraction of sp³-hybridized carbons (Fsp3) is 0.0455. The third-order valence-corrected chi connectivity index (χ3v) is 4.18. The van der Waals surface area contributed by atoms with Crippen LogP contribution in [0.5, 0.6) is 0 Å². The maximum absolute atomic E-state index is 14.3. The molecule has 0 saturated heterocycles. The van der Waals surface area contributed by atoms with E-state index in [-0.39, 0.29) is 17.3 Å². The van der Waals surface area contributed by atoms with Gasteiger partial charge in [-0.3, -0.25) is 0 Å². The molecule has 0 bridgehead atoms. The number of aryl methyl sites for hydroxylation is 1. The molecule has 7 heteroatoms.